The molecule has 1 aromatic rings. The smallest absolute Gasteiger partial charge is 0.333 e. The Hall–Kier alpha value is -1.63. The van der Waals surface area contributed by atoms with Gasteiger partial charge in [-0.15, -0.1) is 0 Å². The molecule has 7 nitrogen and oxygen atoms in total. The van der Waals surface area contributed by atoms with Gasteiger partial charge in [0.25, 0.3) is 0 Å². The zero-order valence-electron chi connectivity index (χ0n) is 11.9. The monoisotopic (exact) mass is 270 g/mol. The molecule has 0 bridgehead atoms. The molecule has 0 amide bonds. The first-order valence-corrected chi connectivity index (χ1v) is 6.50. The van der Waals surface area contributed by atoms with E-state index in [0.29, 0.717) is 24.5 Å². The fourth-order valence-electron chi connectivity index (χ4n) is 1.74. The second-order valence-electron chi connectivity index (χ2n) is 4.97. The molecule has 7 heteroatoms. The standard InChI is InChI=1S/C12H22N4O3/c1-5-7-15-11(13-8-12(4,17)6-2)10(16(18)19)9(3)14-15/h13,17H,5-8H2,1-4H3. The first kappa shape index (κ1) is 15.4. The zero-order valence-corrected chi connectivity index (χ0v) is 11.9. The van der Waals surface area contributed by atoms with Crippen molar-refractivity contribution in [2.45, 2.75) is 52.7 Å². The van der Waals surface area contributed by atoms with Gasteiger partial charge in [-0.2, -0.15) is 5.10 Å². The summed E-state index contributed by atoms with van der Waals surface area (Å²) in [6.07, 6.45) is 1.39. The van der Waals surface area contributed by atoms with Crippen molar-refractivity contribution in [3.63, 3.8) is 0 Å². The molecular weight excluding hydrogens is 248 g/mol. The Morgan fingerprint density at radius 1 is 1.53 bits per heavy atom. The lowest BCUT2D eigenvalue weighted by atomic mass is 10.0. The van der Waals surface area contributed by atoms with Crippen molar-refractivity contribution in [3.05, 3.63) is 15.8 Å². The van der Waals surface area contributed by atoms with Crippen molar-refractivity contribution in [1.82, 2.24) is 9.78 Å². The Morgan fingerprint density at radius 3 is 2.63 bits per heavy atom. The molecule has 0 aliphatic heterocycles. The molecule has 1 atom stereocenters. The predicted octanol–water partition coefficient (Wildman–Crippen LogP) is 2.08. The number of aliphatic hydroxyl groups is 1. The van der Waals surface area contributed by atoms with Crippen LogP contribution in [0.1, 0.15) is 39.3 Å². The number of aromatic nitrogens is 2. The van der Waals surface area contributed by atoms with Crippen molar-refractivity contribution >= 4 is 11.5 Å². The highest BCUT2D eigenvalue weighted by molar-refractivity contribution is 5.59. The minimum atomic E-state index is -0.900. The van der Waals surface area contributed by atoms with Gasteiger partial charge in [0.1, 0.15) is 5.69 Å². The third-order valence-corrected chi connectivity index (χ3v) is 3.11. The number of anilines is 1. The van der Waals surface area contributed by atoms with Crippen LogP contribution in [0, 0.1) is 17.0 Å². The summed E-state index contributed by atoms with van der Waals surface area (Å²) in [4.78, 5) is 10.7. The van der Waals surface area contributed by atoms with Gasteiger partial charge >= 0.3 is 5.69 Å². The van der Waals surface area contributed by atoms with Crippen LogP contribution in [0.25, 0.3) is 0 Å². The maximum Gasteiger partial charge on any atom is 0.333 e. The lowest BCUT2D eigenvalue weighted by Crippen LogP contribution is -2.33. The molecule has 0 spiro atoms. The average Bonchev–Trinajstić information content (AvgIpc) is 2.63. The first-order valence-electron chi connectivity index (χ1n) is 6.50. The second kappa shape index (κ2) is 6.01. The Balaban J connectivity index is 3.05. The molecule has 0 aliphatic carbocycles. The number of nitrogens with zero attached hydrogens (tertiary/aromatic N) is 3. The normalized spacial score (nSPS) is 14.2. The van der Waals surface area contributed by atoms with Gasteiger partial charge < -0.3 is 10.4 Å². The highest BCUT2D eigenvalue weighted by Crippen LogP contribution is 2.29. The lowest BCUT2D eigenvalue weighted by Gasteiger charge is -2.22. The summed E-state index contributed by atoms with van der Waals surface area (Å²) >= 11 is 0. The summed E-state index contributed by atoms with van der Waals surface area (Å²) in [5.74, 6) is 0.373. The van der Waals surface area contributed by atoms with Gasteiger partial charge in [0.15, 0.2) is 0 Å². The van der Waals surface area contributed by atoms with E-state index >= 15 is 0 Å². The van der Waals surface area contributed by atoms with E-state index in [9.17, 15) is 15.2 Å². The summed E-state index contributed by atoms with van der Waals surface area (Å²) in [6, 6.07) is 0. The third-order valence-electron chi connectivity index (χ3n) is 3.11. The second-order valence-corrected chi connectivity index (χ2v) is 4.97. The quantitative estimate of drug-likeness (QED) is 0.584. The molecule has 0 saturated heterocycles. The van der Waals surface area contributed by atoms with E-state index in [0.717, 1.165) is 6.42 Å². The van der Waals surface area contributed by atoms with Crippen molar-refractivity contribution in [3.8, 4) is 0 Å². The Labute approximate surface area is 112 Å². The summed E-state index contributed by atoms with van der Waals surface area (Å²) in [7, 11) is 0. The molecule has 1 heterocycles. The SMILES string of the molecule is CCCn1nc(C)c([N+](=O)[O-])c1NCC(C)(O)CC. The van der Waals surface area contributed by atoms with Crippen LogP contribution < -0.4 is 5.32 Å². The van der Waals surface area contributed by atoms with Gasteiger partial charge in [-0.3, -0.25) is 10.1 Å². The van der Waals surface area contributed by atoms with Crippen LogP contribution in [0.3, 0.4) is 0 Å². The molecule has 0 aliphatic rings. The van der Waals surface area contributed by atoms with E-state index in [1.165, 1.54) is 0 Å². The fourth-order valence-corrected chi connectivity index (χ4v) is 1.74. The minimum Gasteiger partial charge on any atom is -0.388 e. The van der Waals surface area contributed by atoms with Gasteiger partial charge in [-0.05, 0) is 26.7 Å². The minimum absolute atomic E-state index is 0.0136. The van der Waals surface area contributed by atoms with Crippen LogP contribution in [0.4, 0.5) is 11.5 Å². The van der Waals surface area contributed by atoms with Crippen LogP contribution in [0.5, 0.6) is 0 Å². The molecule has 0 aromatic carbocycles. The molecular formula is C12H22N4O3. The number of hydrogen-bond acceptors (Lipinski definition) is 5. The first-order chi connectivity index (χ1) is 8.82. The molecule has 1 rings (SSSR count). The van der Waals surface area contributed by atoms with Gasteiger partial charge in [0.05, 0.1) is 10.5 Å². The Kier molecular flexibility index (Phi) is 4.88. The molecule has 108 valence electrons. The largest absolute Gasteiger partial charge is 0.388 e. The predicted molar refractivity (Wildman–Crippen MR) is 73.3 cm³/mol. The van der Waals surface area contributed by atoms with Crippen molar-refractivity contribution in [1.29, 1.82) is 0 Å². The molecule has 1 aromatic heterocycles. The number of aryl methyl sites for hydroxylation is 2. The topological polar surface area (TPSA) is 93.2 Å². The molecule has 2 N–H and O–H groups in total. The summed E-state index contributed by atoms with van der Waals surface area (Å²) < 4.78 is 1.60. The number of nitro groups is 1. The maximum atomic E-state index is 11.1. The van der Waals surface area contributed by atoms with E-state index in [2.05, 4.69) is 10.4 Å². The summed E-state index contributed by atoms with van der Waals surface area (Å²) in [5, 5.41) is 28.2. The number of hydrogen-bond donors (Lipinski definition) is 2. The Morgan fingerprint density at radius 2 is 2.16 bits per heavy atom. The van der Waals surface area contributed by atoms with Gasteiger partial charge in [0.2, 0.25) is 5.82 Å². The lowest BCUT2D eigenvalue weighted by molar-refractivity contribution is -0.384. The van der Waals surface area contributed by atoms with Crippen molar-refractivity contribution < 1.29 is 10.0 Å². The Bertz CT molecular complexity index is 454. The van der Waals surface area contributed by atoms with Crippen LogP contribution in [-0.4, -0.2) is 32.0 Å². The molecule has 0 saturated carbocycles. The highest BCUT2D eigenvalue weighted by atomic mass is 16.6. The molecule has 0 radical (unpaired) electrons. The van der Waals surface area contributed by atoms with Crippen molar-refractivity contribution in [2.75, 3.05) is 11.9 Å². The van der Waals surface area contributed by atoms with Crippen LogP contribution >= 0.6 is 0 Å². The zero-order chi connectivity index (χ0) is 14.6. The number of rotatable bonds is 7. The van der Waals surface area contributed by atoms with E-state index in [-0.39, 0.29) is 12.2 Å². The van der Waals surface area contributed by atoms with Crippen LogP contribution in [-0.2, 0) is 6.54 Å². The van der Waals surface area contributed by atoms with E-state index in [1.807, 2.05) is 13.8 Å². The van der Waals surface area contributed by atoms with Crippen LogP contribution in [0.15, 0.2) is 0 Å². The van der Waals surface area contributed by atoms with Crippen LogP contribution in [0.2, 0.25) is 0 Å². The average molecular weight is 270 g/mol. The molecule has 19 heavy (non-hydrogen) atoms. The van der Waals surface area contributed by atoms with Gasteiger partial charge in [-0.1, -0.05) is 13.8 Å². The van der Waals surface area contributed by atoms with E-state index < -0.39 is 10.5 Å². The third kappa shape index (κ3) is 3.66. The van der Waals surface area contributed by atoms with Crippen molar-refractivity contribution in [2.24, 2.45) is 0 Å². The fraction of sp³-hybridized carbons (Fsp3) is 0.750. The molecule has 0 fully saturated rings. The summed E-state index contributed by atoms with van der Waals surface area (Å²) in [5.41, 5.74) is -0.527. The van der Waals surface area contributed by atoms with E-state index in [1.54, 1.807) is 18.5 Å². The maximum absolute atomic E-state index is 11.1. The number of nitrogens with one attached hydrogen (secondary N) is 1. The van der Waals surface area contributed by atoms with Gasteiger partial charge in [0, 0.05) is 13.1 Å². The highest BCUT2D eigenvalue weighted by Gasteiger charge is 2.27. The molecule has 1 unspecified atom stereocenters. The van der Waals surface area contributed by atoms with Gasteiger partial charge in [-0.25, -0.2) is 4.68 Å². The van der Waals surface area contributed by atoms with E-state index in [4.69, 9.17) is 0 Å². The summed E-state index contributed by atoms with van der Waals surface area (Å²) in [6.45, 7) is 8.01.